The van der Waals surface area contributed by atoms with Gasteiger partial charge in [-0.1, -0.05) is 118 Å². The molecule has 10 rings (SSSR count). The molecule has 1 heteroatoms. The average Bonchev–Trinajstić information content (AvgIpc) is 3.69. The molecule has 0 heterocycles. The third-order valence-corrected chi connectivity index (χ3v) is 14.2. The van der Waals surface area contributed by atoms with Crippen molar-refractivity contribution in [3.63, 3.8) is 0 Å². The highest BCUT2D eigenvalue weighted by Crippen LogP contribution is 2.58. The lowest BCUT2D eigenvalue weighted by Crippen LogP contribution is -2.17. The van der Waals surface area contributed by atoms with E-state index in [1.165, 1.54) is 100 Å². The van der Waals surface area contributed by atoms with Crippen molar-refractivity contribution in [2.75, 3.05) is 5.32 Å². The first-order valence-corrected chi connectivity index (χ1v) is 19.9. The quantitative estimate of drug-likeness (QED) is 0.194. The fraction of sp³-hybridized carbons (Fsp3) is 0.308. The number of hydrogen-bond donors (Lipinski definition) is 1. The summed E-state index contributed by atoms with van der Waals surface area (Å²) in [6, 6.07) is 38.5. The van der Waals surface area contributed by atoms with Crippen LogP contribution in [0, 0.1) is 0 Å². The summed E-state index contributed by atoms with van der Waals surface area (Å²) in [6.07, 6.45) is 2.14. The molecule has 1 nitrogen and oxygen atoms in total. The third kappa shape index (κ3) is 4.20. The summed E-state index contributed by atoms with van der Waals surface area (Å²) in [4.78, 5) is 0. The Morgan fingerprint density at radius 1 is 0.321 bits per heavy atom. The van der Waals surface area contributed by atoms with Gasteiger partial charge in [0.1, 0.15) is 0 Å². The lowest BCUT2D eigenvalue weighted by molar-refractivity contribution is 0.651. The van der Waals surface area contributed by atoms with Crippen LogP contribution in [0.5, 0.6) is 0 Å². The van der Waals surface area contributed by atoms with Crippen LogP contribution in [0.1, 0.15) is 125 Å². The van der Waals surface area contributed by atoms with Crippen LogP contribution in [0.3, 0.4) is 0 Å². The van der Waals surface area contributed by atoms with E-state index in [0.29, 0.717) is 0 Å². The molecule has 0 atom stereocenters. The standard InChI is InChI=1S/C52H51N/c1-11-29-13-17-33-37-25-47-39(27-45(37)49(3,4)41(33)21-29)35-19-15-31(23-43(35)51(47,7)8)53-32-16-20-36-40-28-46-38(26-48(40)52(9,10)44(36)24-32)34-18-14-30(12-2)22-42(34)50(46,5)6/h13-28,53H,11-12H2,1-10H3. The summed E-state index contributed by atoms with van der Waals surface area (Å²) >= 11 is 0. The van der Waals surface area contributed by atoms with Gasteiger partial charge in [0.05, 0.1) is 0 Å². The summed E-state index contributed by atoms with van der Waals surface area (Å²) in [5.41, 5.74) is 27.6. The van der Waals surface area contributed by atoms with Gasteiger partial charge in [-0.25, -0.2) is 0 Å². The second kappa shape index (κ2) is 10.4. The van der Waals surface area contributed by atoms with Gasteiger partial charge in [-0.3, -0.25) is 0 Å². The minimum absolute atomic E-state index is 0.0141. The maximum absolute atomic E-state index is 3.86. The van der Waals surface area contributed by atoms with Gasteiger partial charge < -0.3 is 5.32 Å². The molecule has 0 unspecified atom stereocenters. The summed E-state index contributed by atoms with van der Waals surface area (Å²) in [7, 11) is 0. The number of fused-ring (bicyclic) bond motifs is 12. The van der Waals surface area contributed by atoms with Crippen molar-refractivity contribution in [3.8, 4) is 44.5 Å². The zero-order valence-corrected chi connectivity index (χ0v) is 33.2. The Morgan fingerprint density at radius 3 is 0.887 bits per heavy atom. The normalized spacial score (nSPS) is 17.6. The first-order valence-electron chi connectivity index (χ1n) is 19.9. The van der Waals surface area contributed by atoms with Crippen LogP contribution in [0.2, 0.25) is 0 Å². The maximum atomic E-state index is 3.86. The lowest BCUT2D eigenvalue weighted by atomic mass is 9.79. The summed E-state index contributed by atoms with van der Waals surface area (Å²) in [5, 5.41) is 3.86. The molecule has 0 aromatic heterocycles. The molecule has 6 aromatic rings. The van der Waals surface area contributed by atoms with Gasteiger partial charge in [0.2, 0.25) is 0 Å². The first-order chi connectivity index (χ1) is 25.2. The van der Waals surface area contributed by atoms with Gasteiger partial charge >= 0.3 is 0 Å². The Morgan fingerprint density at radius 2 is 0.585 bits per heavy atom. The van der Waals surface area contributed by atoms with Crippen LogP contribution in [-0.4, -0.2) is 0 Å². The molecule has 4 aliphatic rings. The molecule has 0 spiro atoms. The highest BCUT2D eigenvalue weighted by atomic mass is 14.9. The van der Waals surface area contributed by atoms with Crippen LogP contribution >= 0.6 is 0 Å². The predicted molar refractivity (Wildman–Crippen MR) is 225 cm³/mol. The van der Waals surface area contributed by atoms with Crippen molar-refractivity contribution in [1.82, 2.24) is 0 Å². The number of rotatable bonds is 4. The molecule has 264 valence electrons. The minimum atomic E-state index is -0.0971. The molecule has 6 aromatic carbocycles. The molecule has 4 aliphatic carbocycles. The van der Waals surface area contributed by atoms with Gasteiger partial charge in [-0.05, 0) is 162 Å². The number of nitrogens with one attached hydrogen (secondary N) is 1. The maximum Gasteiger partial charge on any atom is 0.0387 e. The van der Waals surface area contributed by atoms with Crippen LogP contribution < -0.4 is 5.32 Å². The number of benzene rings is 6. The topological polar surface area (TPSA) is 12.0 Å². The van der Waals surface area contributed by atoms with Crippen molar-refractivity contribution in [2.24, 2.45) is 0 Å². The van der Waals surface area contributed by atoms with E-state index in [0.717, 1.165) is 24.2 Å². The van der Waals surface area contributed by atoms with Crippen LogP contribution in [0.15, 0.2) is 97.1 Å². The van der Waals surface area contributed by atoms with E-state index < -0.39 is 0 Å². The van der Waals surface area contributed by atoms with E-state index in [-0.39, 0.29) is 21.7 Å². The Bertz CT molecular complexity index is 2420. The van der Waals surface area contributed by atoms with Crippen LogP contribution in [0.25, 0.3) is 44.5 Å². The minimum Gasteiger partial charge on any atom is -0.356 e. The Balaban J connectivity index is 0.993. The average molecular weight is 690 g/mol. The molecular weight excluding hydrogens is 639 g/mol. The van der Waals surface area contributed by atoms with Gasteiger partial charge in [0, 0.05) is 33.0 Å². The fourth-order valence-electron chi connectivity index (χ4n) is 10.8. The second-order valence-corrected chi connectivity index (χ2v) is 18.5. The summed E-state index contributed by atoms with van der Waals surface area (Å²) < 4.78 is 0. The summed E-state index contributed by atoms with van der Waals surface area (Å²) in [5.74, 6) is 0. The third-order valence-electron chi connectivity index (χ3n) is 14.2. The van der Waals surface area contributed by atoms with Crippen molar-refractivity contribution < 1.29 is 0 Å². The zero-order chi connectivity index (χ0) is 37.0. The lowest BCUT2D eigenvalue weighted by Gasteiger charge is -2.25. The van der Waals surface area contributed by atoms with Crippen molar-refractivity contribution in [2.45, 2.75) is 104 Å². The highest BCUT2D eigenvalue weighted by molar-refractivity contribution is 5.92. The van der Waals surface area contributed by atoms with Gasteiger partial charge in [-0.2, -0.15) is 0 Å². The predicted octanol–water partition coefficient (Wildman–Crippen LogP) is 13.8. The van der Waals surface area contributed by atoms with E-state index in [4.69, 9.17) is 0 Å². The molecular formula is C52H51N. The van der Waals surface area contributed by atoms with E-state index in [1.54, 1.807) is 0 Å². The first kappa shape index (κ1) is 32.7. The van der Waals surface area contributed by atoms with Crippen molar-refractivity contribution >= 4 is 11.4 Å². The fourth-order valence-corrected chi connectivity index (χ4v) is 10.8. The zero-order valence-electron chi connectivity index (χ0n) is 33.2. The van der Waals surface area contributed by atoms with Crippen LogP contribution in [-0.2, 0) is 34.5 Å². The number of aryl methyl sites for hydroxylation is 2. The van der Waals surface area contributed by atoms with E-state index in [1.807, 2.05) is 0 Å². The van der Waals surface area contributed by atoms with Gasteiger partial charge in [-0.15, -0.1) is 0 Å². The Labute approximate surface area is 316 Å². The Hall–Kier alpha value is -4.88. The molecule has 53 heavy (non-hydrogen) atoms. The molecule has 0 fully saturated rings. The van der Waals surface area contributed by atoms with Crippen molar-refractivity contribution in [3.05, 3.63) is 153 Å². The van der Waals surface area contributed by atoms with Crippen LogP contribution in [0.4, 0.5) is 11.4 Å². The number of anilines is 2. The molecule has 0 saturated carbocycles. The highest BCUT2D eigenvalue weighted by Gasteiger charge is 2.43. The SMILES string of the molecule is CCc1ccc2c(c1)C(C)(C)c1cc3c(cc1-2)C(C)(C)c1cc(Nc2ccc4c(c2)C(C)(C)c2cc5c(cc2-4)C(C)(C)c2cc(CC)ccc2-5)ccc1-3. The Kier molecular flexibility index (Phi) is 6.43. The smallest absolute Gasteiger partial charge is 0.0387 e. The summed E-state index contributed by atoms with van der Waals surface area (Å²) in [6.45, 7) is 23.8. The molecule has 0 bridgehead atoms. The number of hydrogen-bond acceptors (Lipinski definition) is 1. The molecule has 0 saturated heterocycles. The molecule has 0 aliphatic heterocycles. The molecule has 1 N–H and O–H groups in total. The molecule has 0 amide bonds. The van der Waals surface area contributed by atoms with E-state index in [9.17, 15) is 0 Å². The van der Waals surface area contributed by atoms with Gasteiger partial charge in [0.15, 0.2) is 0 Å². The van der Waals surface area contributed by atoms with E-state index in [2.05, 4.69) is 172 Å². The van der Waals surface area contributed by atoms with E-state index >= 15 is 0 Å². The second-order valence-electron chi connectivity index (χ2n) is 18.5. The van der Waals surface area contributed by atoms with Crippen molar-refractivity contribution in [1.29, 1.82) is 0 Å². The monoisotopic (exact) mass is 689 g/mol. The molecule has 0 radical (unpaired) electrons. The largest absolute Gasteiger partial charge is 0.356 e. The van der Waals surface area contributed by atoms with Gasteiger partial charge in [0.25, 0.3) is 0 Å².